The van der Waals surface area contributed by atoms with Crippen LogP contribution in [0.25, 0.3) is 0 Å². The van der Waals surface area contributed by atoms with Crippen molar-refractivity contribution in [3.63, 3.8) is 0 Å². The van der Waals surface area contributed by atoms with E-state index >= 15 is 0 Å². The molecule has 0 aromatic heterocycles. The molecule has 0 fully saturated rings. The summed E-state index contributed by atoms with van der Waals surface area (Å²) in [6.45, 7) is 0.773. The first-order chi connectivity index (χ1) is 7.24. The molecular formula is C11H11BrClNO. The van der Waals surface area contributed by atoms with Gasteiger partial charge in [-0.3, -0.25) is 4.79 Å². The fourth-order valence-corrected chi connectivity index (χ4v) is 2.61. The Kier molecular flexibility index (Phi) is 3.32. The maximum absolute atomic E-state index is 11.6. The number of nitrogens with zero attached hydrogens (tertiary/aromatic N) is 1. The van der Waals surface area contributed by atoms with Crippen LogP contribution in [0.15, 0.2) is 22.7 Å². The molecule has 0 N–H and O–H groups in total. The van der Waals surface area contributed by atoms with Crippen molar-refractivity contribution in [2.45, 2.75) is 12.8 Å². The van der Waals surface area contributed by atoms with Crippen LogP contribution in [0.3, 0.4) is 0 Å². The standard InChI is InChI=1S/C11H11BrClNO/c12-9-4-1-5-10-8(9)3-2-6-14(10)11(15)7-13/h1,4-5H,2-3,6-7H2. The number of alkyl halides is 1. The van der Waals surface area contributed by atoms with Crippen molar-refractivity contribution in [3.8, 4) is 0 Å². The Morgan fingerprint density at radius 1 is 1.53 bits per heavy atom. The summed E-state index contributed by atoms with van der Waals surface area (Å²) in [4.78, 5) is 13.4. The molecule has 15 heavy (non-hydrogen) atoms. The molecule has 1 amide bonds. The first kappa shape index (κ1) is 11.0. The van der Waals surface area contributed by atoms with Crippen LogP contribution in [0, 0.1) is 0 Å². The quantitative estimate of drug-likeness (QED) is 0.728. The Balaban J connectivity index is 2.42. The van der Waals surface area contributed by atoms with Crippen LogP contribution in [0.1, 0.15) is 12.0 Å². The molecule has 0 bridgehead atoms. The smallest absolute Gasteiger partial charge is 0.241 e. The third-order valence-corrected chi connectivity index (χ3v) is 3.58. The second kappa shape index (κ2) is 4.54. The summed E-state index contributed by atoms with van der Waals surface area (Å²) in [5.41, 5.74) is 2.21. The highest BCUT2D eigenvalue weighted by atomic mass is 79.9. The fraction of sp³-hybridized carbons (Fsp3) is 0.364. The molecule has 4 heteroatoms. The van der Waals surface area contributed by atoms with Crippen LogP contribution in [0.5, 0.6) is 0 Å². The minimum atomic E-state index is -0.0179. The van der Waals surface area contributed by atoms with Crippen molar-refractivity contribution >= 4 is 39.1 Å². The van der Waals surface area contributed by atoms with Crippen LogP contribution in [-0.2, 0) is 11.2 Å². The molecule has 1 aromatic carbocycles. The normalized spacial score (nSPS) is 14.9. The predicted octanol–water partition coefficient (Wildman–Crippen LogP) is 2.97. The Hall–Kier alpha value is -0.540. The van der Waals surface area contributed by atoms with E-state index in [1.165, 1.54) is 5.56 Å². The molecule has 80 valence electrons. The number of carbonyl (C=O) groups is 1. The number of rotatable bonds is 1. The van der Waals surface area contributed by atoms with Crippen molar-refractivity contribution in [1.82, 2.24) is 0 Å². The highest BCUT2D eigenvalue weighted by Crippen LogP contribution is 2.32. The zero-order chi connectivity index (χ0) is 10.8. The van der Waals surface area contributed by atoms with Gasteiger partial charge in [-0.15, -0.1) is 11.6 Å². The zero-order valence-corrected chi connectivity index (χ0v) is 10.5. The summed E-state index contributed by atoms with van der Waals surface area (Å²) in [7, 11) is 0. The van der Waals surface area contributed by atoms with Crippen molar-refractivity contribution in [1.29, 1.82) is 0 Å². The monoisotopic (exact) mass is 287 g/mol. The zero-order valence-electron chi connectivity index (χ0n) is 8.17. The van der Waals surface area contributed by atoms with Gasteiger partial charge in [0.1, 0.15) is 5.88 Å². The lowest BCUT2D eigenvalue weighted by Crippen LogP contribution is -2.36. The molecule has 0 aliphatic carbocycles. The molecule has 1 heterocycles. The van der Waals surface area contributed by atoms with E-state index in [0.717, 1.165) is 29.5 Å². The largest absolute Gasteiger partial charge is 0.311 e. The van der Waals surface area contributed by atoms with Crippen LogP contribution < -0.4 is 4.90 Å². The van der Waals surface area contributed by atoms with E-state index in [1.54, 1.807) is 4.90 Å². The summed E-state index contributed by atoms with van der Waals surface area (Å²) >= 11 is 9.10. The third-order valence-electron chi connectivity index (χ3n) is 2.61. The van der Waals surface area contributed by atoms with Gasteiger partial charge in [-0.05, 0) is 30.5 Å². The maximum atomic E-state index is 11.6. The first-order valence-electron chi connectivity index (χ1n) is 4.87. The fourth-order valence-electron chi connectivity index (χ4n) is 1.91. The van der Waals surface area contributed by atoms with Crippen molar-refractivity contribution < 1.29 is 4.79 Å². The van der Waals surface area contributed by atoms with Gasteiger partial charge in [0, 0.05) is 16.7 Å². The molecule has 1 aliphatic rings. The molecule has 1 aromatic rings. The topological polar surface area (TPSA) is 20.3 Å². The lowest BCUT2D eigenvalue weighted by atomic mass is 10.0. The third kappa shape index (κ3) is 2.04. The van der Waals surface area contributed by atoms with E-state index in [1.807, 2.05) is 18.2 Å². The summed E-state index contributed by atoms with van der Waals surface area (Å²) in [6.07, 6.45) is 2.01. The van der Waals surface area contributed by atoms with Crippen LogP contribution in [0.4, 0.5) is 5.69 Å². The Morgan fingerprint density at radius 2 is 2.33 bits per heavy atom. The second-order valence-corrected chi connectivity index (χ2v) is 4.64. The number of hydrogen-bond acceptors (Lipinski definition) is 1. The summed E-state index contributed by atoms with van der Waals surface area (Å²) in [5, 5.41) is 0. The number of anilines is 1. The van der Waals surface area contributed by atoms with Crippen molar-refractivity contribution in [2.75, 3.05) is 17.3 Å². The van der Waals surface area contributed by atoms with Gasteiger partial charge < -0.3 is 4.90 Å². The van der Waals surface area contributed by atoms with Gasteiger partial charge in [0.15, 0.2) is 0 Å². The first-order valence-corrected chi connectivity index (χ1v) is 6.20. The van der Waals surface area contributed by atoms with Gasteiger partial charge in [-0.2, -0.15) is 0 Å². The molecule has 0 spiro atoms. The van der Waals surface area contributed by atoms with E-state index < -0.39 is 0 Å². The molecule has 2 nitrogen and oxygen atoms in total. The highest BCUT2D eigenvalue weighted by molar-refractivity contribution is 9.10. The average molecular weight is 289 g/mol. The minimum Gasteiger partial charge on any atom is -0.311 e. The van der Waals surface area contributed by atoms with Crippen LogP contribution in [-0.4, -0.2) is 18.3 Å². The number of carbonyl (C=O) groups excluding carboxylic acids is 1. The van der Waals surface area contributed by atoms with E-state index in [0.29, 0.717) is 0 Å². The molecule has 1 aliphatic heterocycles. The van der Waals surface area contributed by atoms with Gasteiger partial charge >= 0.3 is 0 Å². The van der Waals surface area contributed by atoms with Gasteiger partial charge in [-0.1, -0.05) is 22.0 Å². The second-order valence-electron chi connectivity index (χ2n) is 3.52. The lowest BCUT2D eigenvalue weighted by molar-refractivity contribution is -0.116. The maximum Gasteiger partial charge on any atom is 0.241 e. The van der Waals surface area contributed by atoms with E-state index in [2.05, 4.69) is 15.9 Å². The van der Waals surface area contributed by atoms with E-state index in [-0.39, 0.29) is 11.8 Å². The average Bonchev–Trinajstić information content (AvgIpc) is 2.28. The number of fused-ring (bicyclic) bond motifs is 1. The molecule has 0 radical (unpaired) electrons. The molecule has 0 saturated heterocycles. The predicted molar refractivity (Wildman–Crippen MR) is 65.5 cm³/mol. The molecule has 0 unspecified atom stereocenters. The Labute approximate surface area is 102 Å². The van der Waals surface area contributed by atoms with Gasteiger partial charge in [0.05, 0.1) is 0 Å². The van der Waals surface area contributed by atoms with Gasteiger partial charge in [0.25, 0.3) is 0 Å². The van der Waals surface area contributed by atoms with Crippen molar-refractivity contribution in [3.05, 3.63) is 28.2 Å². The molecule has 0 atom stereocenters. The van der Waals surface area contributed by atoms with E-state index in [4.69, 9.17) is 11.6 Å². The van der Waals surface area contributed by atoms with Crippen LogP contribution >= 0.6 is 27.5 Å². The summed E-state index contributed by atoms with van der Waals surface area (Å²) in [6, 6.07) is 5.93. The number of benzene rings is 1. The lowest BCUT2D eigenvalue weighted by Gasteiger charge is -2.29. The molecule has 2 rings (SSSR count). The van der Waals surface area contributed by atoms with E-state index in [9.17, 15) is 4.79 Å². The van der Waals surface area contributed by atoms with Gasteiger partial charge in [0.2, 0.25) is 5.91 Å². The minimum absolute atomic E-state index is 0.0179. The Morgan fingerprint density at radius 3 is 3.07 bits per heavy atom. The molecule has 0 saturated carbocycles. The number of halogens is 2. The number of amides is 1. The number of hydrogen-bond donors (Lipinski definition) is 0. The Bertz CT molecular complexity index is 394. The SMILES string of the molecule is O=C(CCl)N1CCCc2c(Br)cccc21. The molecular weight excluding hydrogens is 277 g/mol. The highest BCUT2D eigenvalue weighted by Gasteiger charge is 2.22. The summed E-state index contributed by atoms with van der Waals surface area (Å²) in [5.74, 6) is 0.0297. The summed E-state index contributed by atoms with van der Waals surface area (Å²) < 4.78 is 1.08. The van der Waals surface area contributed by atoms with Crippen LogP contribution in [0.2, 0.25) is 0 Å². The van der Waals surface area contributed by atoms with Crippen molar-refractivity contribution in [2.24, 2.45) is 0 Å². The van der Waals surface area contributed by atoms with Gasteiger partial charge in [-0.25, -0.2) is 0 Å².